The van der Waals surface area contributed by atoms with Crippen LogP contribution in [-0.4, -0.2) is 41.8 Å². The first kappa shape index (κ1) is 24.6. The van der Waals surface area contributed by atoms with Gasteiger partial charge in [-0.3, -0.25) is 9.69 Å². The molecule has 3 aromatic rings. The molecule has 0 atom stereocenters. The quantitative estimate of drug-likeness (QED) is 0.267. The molecule has 35 heavy (non-hydrogen) atoms. The molecule has 2 aromatic carbocycles. The van der Waals surface area contributed by atoms with Crippen molar-refractivity contribution in [3.63, 3.8) is 0 Å². The summed E-state index contributed by atoms with van der Waals surface area (Å²) in [4.78, 5) is 33.1. The van der Waals surface area contributed by atoms with E-state index in [2.05, 4.69) is 23.7 Å². The first-order chi connectivity index (χ1) is 16.9. The molecule has 0 radical (unpaired) electrons. The van der Waals surface area contributed by atoms with Crippen LogP contribution in [-0.2, 0) is 16.1 Å². The molecule has 0 unspecified atom stereocenters. The van der Waals surface area contributed by atoms with Crippen LogP contribution in [0.5, 0.6) is 0 Å². The minimum absolute atomic E-state index is 0.249. The molecule has 0 fully saturated rings. The lowest BCUT2D eigenvalue weighted by molar-refractivity contribution is -0.136. The molecule has 180 valence electrons. The first-order valence-corrected chi connectivity index (χ1v) is 12.4. The molecule has 0 saturated heterocycles. The SMILES string of the molecule is COC(=O)C1=C(C(=O)c2c(N)cccc2C=Cc2nc(C(C)C)cs2)CN(Cc2ccccc2)C1. The van der Waals surface area contributed by atoms with Crippen molar-refractivity contribution in [1.82, 2.24) is 9.88 Å². The molecule has 2 heterocycles. The second-order valence-corrected chi connectivity index (χ2v) is 9.71. The predicted molar refractivity (Wildman–Crippen MR) is 141 cm³/mol. The minimum Gasteiger partial charge on any atom is -0.466 e. The first-order valence-electron chi connectivity index (χ1n) is 11.5. The summed E-state index contributed by atoms with van der Waals surface area (Å²) in [6.45, 7) is 5.52. The number of esters is 1. The Kier molecular flexibility index (Phi) is 7.58. The number of ether oxygens (including phenoxy) is 1. The molecule has 0 bridgehead atoms. The fourth-order valence-electron chi connectivity index (χ4n) is 4.11. The molecule has 1 aliphatic heterocycles. The lowest BCUT2D eigenvalue weighted by Gasteiger charge is -2.16. The molecule has 0 amide bonds. The lowest BCUT2D eigenvalue weighted by Crippen LogP contribution is -2.23. The number of Topliss-reactive ketones (excluding diaryl/α,β-unsaturated/α-hetero) is 1. The Morgan fingerprint density at radius 2 is 1.83 bits per heavy atom. The van der Waals surface area contributed by atoms with Crippen molar-refractivity contribution >= 4 is 40.9 Å². The number of nitrogen functional groups attached to an aromatic ring is 1. The standard InChI is InChI=1S/C28H29N3O3S/c1-18(2)24-17-35-25(30-24)13-12-20-10-7-11-23(29)26(20)27(32)21-15-31(16-22(21)28(33)34-3)14-19-8-5-4-6-9-19/h4-13,17-18H,14-16,29H2,1-3H3. The average Bonchev–Trinajstić information content (AvgIpc) is 3.50. The van der Waals surface area contributed by atoms with Gasteiger partial charge in [0.15, 0.2) is 5.78 Å². The van der Waals surface area contributed by atoms with E-state index < -0.39 is 5.97 Å². The molecule has 0 spiro atoms. The summed E-state index contributed by atoms with van der Waals surface area (Å²) in [5.41, 5.74) is 10.7. The van der Waals surface area contributed by atoms with Crippen molar-refractivity contribution in [2.45, 2.75) is 26.3 Å². The fourth-order valence-corrected chi connectivity index (χ4v) is 4.98. The maximum absolute atomic E-state index is 13.8. The molecule has 0 aliphatic carbocycles. The molecule has 7 heteroatoms. The Morgan fingerprint density at radius 3 is 2.51 bits per heavy atom. The van der Waals surface area contributed by atoms with Gasteiger partial charge in [0.25, 0.3) is 0 Å². The maximum atomic E-state index is 13.8. The second kappa shape index (κ2) is 10.8. The summed E-state index contributed by atoms with van der Waals surface area (Å²) in [5.74, 6) is -0.386. The van der Waals surface area contributed by atoms with E-state index in [1.54, 1.807) is 17.4 Å². The summed E-state index contributed by atoms with van der Waals surface area (Å²) in [6.07, 6.45) is 3.76. The summed E-state index contributed by atoms with van der Waals surface area (Å²) in [7, 11) is 1.34. The monoisotopic (exact) mass is 487 g/mol. The number of ketones is 1. The van der Waals surface area contributed by atoms with Crippen molar-refractivity contribution in [1.29, 1.82) is 0 Å². The fraction of sp³-hybridized carbons (Fsp3) is 0.250. The number of thiazole rings is 1. The maximum Gasteiger partial charge on any atom is 0.335 e. The number of nitrogens with zero attached hydrogens (tertiary/aromatic N) is 2. The minimum atomic E-state index is -0.487. The average molecular weight is 488 g/mol. The highest BCUT2D eigenvalue weighted by Crippen LogP contribution is 2.29. The van der Waals surface area contributed by atoms with Crippen molar-refractivity contribution in [3.8, 4) is 0 Å². The van der Waals surface area contributed by atoms with E-state index >= 15 is 0 Å². The smallest absolute Gasteiger partial charge is 0.335 e. The third-order valence-corrected chi connectivity index (χ3v) is 6.80. The normalized spacial score (nSPS) is 14.3. The van der Waals surface area contributed by atoms with E-state index in [1.807, 2.05) is 60.0 Å². The van der Waals surface area contributed by atoms with Gasteiger partial charge < -0.3 is 10.5 Å². The third-order valence-electron chi connectivity index (χ3n) is 5.98. The molecule has 1 aromatic heterocycles. The van der Waals surface area contributed by atoms with Crippen LogP contribution in [0.15, 0.2) is 65.1 Å². The highest BCUT2D eigenvalue weighted by molar-refractivity contribution is 7.10. The van der Waals surface area contributed by atoms with Crippen LogP contribution in [0.3, 0.4) is 0 Å². The Labute approximate surface area is 209 Å². The topological polar surface area (TPSA) is 85.5 Å². The molecule has 1 aliphatic rings. The molecular formula is C28H29N3O3S. The number of benzene rings is 2. The Balaban J connectivity index is 1.64. The summed E-state index contributed by atoms with van der Waals surface area (Å²) < 4.78 is 5.01. The van der Waals surface area contributed by atoms with Crippen LogP contribution in [0, 0.1) is 0 Å². The molecule has 6 nitrogen and oxygen atoms in total. The molecular weight excluding hydrogens is 458 g/mol. The molecule has 0 saturated carbocycles. The number of aromatic nitrogens is 1. The Hall–Kier alpha value is -3.55. The van der Waals surface area contributed by atoms with Crippen LogP contribution >= 0.6 is 11.3 Å². The molecule has 2 N–H and O–H groups in total. The summed E-state index contributed by atoms with van der Waals surface area (Å²) >= 11 is 1.56. The number of anilines is 1. The van der Waals surface area contributed by atoms with Crippen LogP contribution in [0.25, 0.3) is 12.2 Å². The number of carbonyl (C=O) groups is 2. The predicted octanol–water partition coefficient (Wildman–Crippen LogP) is 5.19. The van der Waals surface area contributed by atoms with Crippen LogP contribution < -0.4 is 5.73 Å². The van der Waals surface area contributed by atoms with E-state index in [9.17, 15) is 9.59 Å². The number of carbonyl (C=O) groups excluding carboxylic acids is 2. The van der Waals surface area contributed by atoms with Gasteiger partial charge in [-0.2, -0.15) is 0 Å². The van der Waals surface area contributed by atoms with Gasteiger partial charge in [-0.05, 0) is 29.2 Å². The highest BCUT2D eigenvalue weighted by Gasteiger charge is 2.33. The molecule has 4 rings (SSSR count). The second-order valence-electron chi connectivity index (χ2n) is 8.82. The summed E-state index contributed by atoms with van der Waals surface area (Å²) in [6, 6.07) is 15.3. The van der Waals surface area contributed by atoms with E-state index in [1.165, 1.54) is 7.11 Å². The number of nitrogens with two attached hydrogens (primary N) is 1. The van der Waals surface area contributed by atoms with E-state index in [0.717, 1.165) is 16.3 Å². The summed E-state index contributed by atoms with van der Waals surface area (Å²) in [5, 5.41) is 2.90. The van der Waals surface area contributed by atoms with Crippen molar-refractivity contribution in [2.75, 3.05) is 25.9 Å². The van der Waals surface area contributed by atoms with Crippen LogP contribution in [0.1, 0.15) is 52.0 Å². The number of methoxy groups -OCH3 is 1. The van der Waals surface area contributed by atoms with Gasteiger partial charge in [0.1, 0.15) is 5.01 Å². The highest BCUT2D eigenvalue weighted by atomic mass is 32.1. The van der Waals surface area contributed by atoms with Gasteiger partial charge in [0.05, 0.1) is 23.9 Å². The zero-order chi connectivity index (χ0) is 24.9. The Bertz CT molecular complexity index is 1290. The van der Waals surface area contributed by atoms with Gasteiger partial charge >= 0.3 is 5.97 Å². The largest absolute Gasteiger partial charge is 0.466 e. The van der Waals surface area contributed by atoms with Crippen molar-refractivity contribution < 1.29 is 14.3 Å². The van der Waals surface area contributed by atoms with E-state index in [-0.39, 0.29) is 5.78 Å². The van der Waals surface area contributed by atoms with Crippen molar-refractivity contribution in [3.05, 3.63) is 92.4 Å². The van der Waals surface area contributed by atoms with E-state index in [0.29, 0.717) is 53.5 Å². The zero-order valence-corrected chi connectivity index (χ0v) is 21.0. The van der Waals surface area contributed by atoms with Crippen LogP contribution in [0.4, 0.5) is 5.69 Å². The van der Waals surface area contributed by atoms with Gasteiger partial charge in [-0.25, -0.2) is 9.78 Å². The van der Waals surface area contributed by atoms with Gasteiger partial charge in [-0.1, -0.05) is 62.4 Å². The van der Waals surface area contributed by atoms with E-state index in [4.69, 9.17) is 10.5 Å². The number of hydrogen-bond acceptors (Lipinski definition) is 7. The number of rotatable bonds is 8. The lowest BCUT2D eigenvalue weighted by atomic mass is 9.94. The zero-order valence-electron chi connectivity index (χ0n) is 20.2. The van der Waals surface area contributed by atoms with Crippen molar-refractivity contribution in [2.24, 2.45) is 0 Å². The van der Waals surface area contributed by atoms with Crippen LogP contribution in [0.2, 0.25) is 0 Å². The third kappa shape index (κ3) is 5.58. The number of hydrogen-bond donors (Lipinski definition) is 1. The van der Waals surface area contributed by atoms with Gasteiger partial charge in [-0.15, -0.1) is 11.3 Å². The van der Waals surface area contributed by atoms with Gasteiger partial charge in [0, 0.05) is 36.3 Å². The Morgan fingerprint density at radius 1 is 1.09 bits per heavy atom. The van der Waals surface area contributed by atoms with Gasteiger partial charge in [0.2, 0.25) is 0 Å².